The molecule has 1 aliphatic carbocycles. The van der Waals surface area contributed by atoms with Crippen LogP contribution in [0.1, 0.15) is 19.3 Å². The number of methoxy groups -OCH3 is 1. The van der Waals surface area contributed by atoms with E-state index in [1.54, 1.807) is 7.11 Å². The zero-order valence-electron chi connectivity index (χ0n) is 13.4. The van der Waals surface area contributed by atoms with Crippen LogP contribution in [0.5, 0.6) is 5.75 Å². The first-order valence-electron chi connectivity index (χ1n) is 8.09. The zero-order chi connectivity index (χ0) is 16.5. The maximum Gasteiger partial charge on any atom is 0.227 e. The Kier molecular flexibility index (Phi) is 3.69. The van der Waals surface area contributed by atoms with Crippen LogP contribution in [-0.2, 0) is 4.79 Å². The molecule has 0 radical (unpaired) electrons. The number of fused-ring (bicyclic) bond motifs is 1. The topological polar surface area (TPSA) is 64.4 Å². The number of benzene rings is 2. The largest absolute Gasteiger partial charge is 0.497 e. The Hall–Kier alpha value is -2.82. The molecule has 122 valence electrons. The van der Waals surface area contributed by atoms with Gasteiger partial charge in [0, 0.05) is 23.2 Å². The lowest BCUT2D eigenvalue weighted by Gasteiger charge is -2.23. The van der Waals surface area contributed by atoms with Crippen molar-refractivity contribution in [1.29, 1.82) is 0 Å². The van der Waals surface area contributed by atoms with Gasteiger partial charge in [-0.15, -0.1) is 0 Å². The van der Waals surface area contributed by atoms with E-state index in [1.807, 2.05) is 42.5 Å². The second-order valence-corrected chi connectivity index (χ2v) is 6.05. The van der Waals surface area contributed by atoms with Crippen LogP contribution in [0.3, 0.4) is 0 Å². The Morgan fingerprint density at radius 3 is 2.67 bits per heavy atom. The van der Waals surface area contributed by atoms with Crippen LogP contribution in [0, 0.1) is 5.92 Å². The van der Waals surface area contributed by atoms with Gasteiger partial charge < -0.3 is 14.5 Å². The van der Waals surface area contributed by atoms with E-state index in [0.717, 1.165) is 41.8 Å². The molecule has 1 aromatic heterocycles. The summed E-state index contributed by atoms with van der Waals surface area (Å²) in [6.07, 6.45) is 3.11. The SMILES string of the molecule is COc1ccc(-c2nc3ccc(NC(=O)C4CCC4)cc3o2)cc1. The number of amides is 1. The van der Waals surface area contributed by atoms with Gasteiger partial charge in [-0.05, 0) is 49.2 Å². The summed E-state index contributed by atoms with van der Waals surface area (Å²) in [6.45, 7) is 0. The standard InChI is InChI=1S/C19H18N2O3/c1-23-15-8-5-13(6-9-15)19-21-16-10-7-14(11-17(16)24-19)20-18(22)12-3-2-4-12/h5-12H,2-4H2,1H3,(H,20,22). The van der Waals surface area contributed by atoms with Crippen molar-refractivity contribution in [2.45, 2.75) is 19.3 Å². The lowest BCUT2D eigenvalue weighted by molar-refractivity contribution is -0.122. The molecule has 1 fully saturated rings. The first-order valence-corrected chi connectivity index (χ1v) is 8.09. The van der Waals surface area contributed by atoms with Crippen molar-refractivity contribution in [3.63, 3.8) is 0 Å². The fourth-order valence-electron chi connectivity index (χ4n) is 2.77. The molecule has 0 atom stereocenters. The molecular formula is C19H18N2O3. The number of hydrogen-bond acceptors (Lipinski definition) is 4. The van der Waals surface area contributed by atoms with Gasteiger partial charge in [-0.1, -0.05) is 6.42 Å². The van der Waals surface area contributed by atoms with Crippen molar-refractivity contribution in [3.05, 3.63) is 42.5 Å². The monoisotopic (exact) mass is 322 g/mol. The molecule has 1 N–H and O–H groups in total. The molecule has 4 rings (SSSR count). The molecule has 5 nitrogen and oxygen atoms in total. The van der Waals surface area contributed by atoms with E-state index in [2.05, 4.69) is 10.3 Å². The fourth-order valence-corrected chi connectivity index (χ4v) is 2.77. The van der Waals surface area contributed by atoms with Crippen molar-refractivity contribution >= 4 is 22.7 Å². The number of carbonyl (C=O) groups excluding carboxylic acids is 1. The second-order valence-electron chi connectivity index (χ2n) is 6.05. The summed E-state index contributed by atoms with van der Waals surface area (Å²) in [5.74, 6) is 1.59. The van der Waals surface area contributed by atoms with Gasteiger partial charge >= 0.3 is 0 Å². The molecule has 2 aromatic carbocycles. The molecule has 0 unspecified atom stereocenters. The number of anilines is 1. The molecular weight excluding hydrogens is 304 g/mol. The molecule has 1 saturated carbocycles. The minimum atomic E-state index is 0.0930. The van der Waals surface area contributed by atoms with Crippen LogP contribution < -0.4 is 10.1 Å². The smallest absolute Gasteiger partial charge is 0.227 e. The highest BCUT2D eigenvalue weighted by atomic mass is 16.5. The van der Waals surface area contributed by atoms with Crippen LogP contribution in [0.2, 0.25) is 0 Å². The first kappa shape index (κ1) is 14.8. The van der Waals surface area contributed by atoms with Crippen LogP contribution in [-0.4, -0.2) is 18.0 Å². The molecule has 1 heterocycles. The Bertz CT molecular complexity index is 879. The number of oxazole rings is 1. The predicted octanol–water partition coefficient (Wildman–Crippen LogP) is 4.24. The molecule has 5 heteroatoms. The molecule has 0 saturated heterocycles. The minimum absolute atomic E-state index is 0.0930. The number of nitrogens with zero attached hydrogens (tertiary/aromatic N) is 1. The number of aromatic nitrogens is 1. The normalized spacial score (nSPS) is 14.4. The van der Waals surface area contributed by atoms with E-state index in [9.17, 15) is 4.79 Å². The van der Waals surface area contributed by atoms with Crippen molar-refractivity contribution in [1.82, 2.24) is 4.98 Å². The first-order chi connectivity index (χ1) is 11.7. The fraction of sp³-hybridized carbons (Fsp3) is 0.263. The minimum Gasteiger partial charge on any atom is -0.497 e. The average molecular weight is 322 g/mol. The van der Waals surface area contributed by atoms with Crippen molar-refractivity contribution in [2.75, 3.05) is 12.4 Å². The highest BCUT2D eigenvalue weighted by molar-refractivity contribution is 5.94. The number of carbonyl (C=O) groups is 1. The summed E-state index contributed by atoms with van der Waals surface area (Å²) < 4.78 is 11.0. The van der Waals surface area contributed by atoms with E-state index in [0.29, 0.717) is 11.5 Å². The maximum atomic E-state index is 12.0. The van der Waals surface area contributed by atoms with Gasteiger partial charge in [0.1, 0.15) is 11.3 Å². The molecule has 0 bridgehead atoms. The molecule has 1 aliphatic rings. The number of ether oxygens (including phenoxy) is 1. The maximum absolute atomic E-state index is 12.0. The van der Waals surface area contributed by atoms with Crippen LogP contribution in [0.4, 0.5) is 5.69 Å². The number of hydrogen-bond donors (Lipinski definition) is 1. The number of nitrogens with one attached hydrogen (secondary N) is 1. The summed E-state index contributed by atoms with van der Waals surface area (Å²) in [4.78, 5) is 16.5. The van der Waals surface area contributed by atoms with Gasteiger partial charge in [0.25, 0.3) is 0 Å². The highest BCUT2D eigenvalue weighted by Crippen LogP contribution is 2.30. The summed E-state index contributed by atoms with van der Waals surface area (Å²) >= 11 is 0. The third kappa shape index (κ3) is 2.73. The van der Waals surface area contributed by atoms with Crippen LogP contribution in [0.15, 0.2) is 46.9 Å². The predicted molar refractivity (Wildman–Crippen MR) is 92.0 cm³/mol. The van der Waals surface area contributed by atoms with Gasteiger partial charge in [0.15, 0.2) is 5.58 Å². The third-order valence-electron chi connectivity index (χ3n) is 4.47. The summed E-state index contributed by atoms with van der Waals surface area (Å²) in [5, 5.41) is 2.96. The van der Waals surface area contributed by atoms with E-state index in [4.69, 9.17) is 9.15 Å². The van der Waals surface area contributed by atoms with Gasteiger partial charge in [0.2, 0.25) is 11.8 Å². The summed E-state index contributed by atoms with van der Waals surface area (Å²) in [7, 11) is 1.63. The average Bonchev–Trinajstić information content (AvgIpc) is 2.96. The molecule has 0 spiro atoms. The Labute approximate surface area is 139 Å². The molecule has 1 amide bonds. The van der Waals surface area contributed by atoms with Crippen LogP contribution >= 0.6 is 0 Å². The van der Waals surface area contributed by atoms with Gasteiger partial charge in [-0.25, -0.2) is 4.98 Å². The Balaban J connectivity index is 1.59. The quantitative estimate of drug-likeness (QED) is 0.780. The van der Waals surface area contributed by atoms with Crippen molar-refractivity contribution in [3.8, 4) is 17.2 Å². The summed E-state index contributed by atoms with van der Waals surface area (Å²) in [6, 6.07) is 13.1. The van der Waals surface area contributed by atoms with E-state index < -0.39 is 0 Å². The third-order valence-corrected chi connectivity index (χ3v) is 4.47. The van der Waals surface area contributed by atoms with Crippen LogP contribution in [0.25, 0.3) is 22.6 Å². The molecule has 0 aliphatic heterocycles. The van der Waals surface area contributed by atoms with Gasteiger partial charge in [-0.2, -0.15) is 0 Å². The van der Waals surface area contributed by atoms with E-state index in [-0.39, 0.29) is 11.8 Å². The van der Waals surface area contributed by atoms with Crippen molar-refractivity contribution in [2.24, 2.45) is 5.92 Å². The molecule has 3 aromatic rings. The van der Waals surface area contributed by atoms with Gasteiger partial charge in [0.05, 0.1) is 7.11 Å². The van der Waals surface area contributed by atoms with E-state index >= 15 is 0 Å². The lowest BCUT2D eigenvalue weighted by Crippen LogP contribution is -2.27. The Morgan fingerprint density at radius 1 is 1.21 bits per heavy atom. The second kappa shape index (κ2) is 6.00. The zero-order valence-corrected chi connectivity index (χ0v) is 13.4. The summed E-state index contributed by atoms with van der Waals surface area (Å²) in [5.41, 5.74) is 3.05. The number of rotatable bonds is 4. The lowest BCUT2D eigenvalue weighted by atomic mass is 9.85. The van der Waals surface area contributed by atoms with Gasteiger partial charge in [-0.3, -0.25) is 4.79 Å². The highest BCUT2D eigenvalue weighted by Gasteiger charge is 2.25. The molecule has 24 heavy (non-hydrogen) atoms. The van der Waals surface area contributed by atoms with Crippen molar-refractivity contribution < 1.29 is 13.9 Å². The Morgan fingerprint density at radius 2 is 2.00 bits per heavy atom. The van der Waals surface area contributed by atoms with E-state index in [1.165, 1.54) is 0 Å².